The number of nitrogens with zero attached hydrogens (tertiary/aromatic N) is 3. The number of halogens is 2. The predicted octanol–water partition coefficient (Wildman–Crippen LogP) is 2.92. The van der Waals surface area contributed by atoms with Crippen LogP contribution in [0.25, 0.3) is 0 Å². The maximum atomic E-state index is 12.6. The summed E-state index contributed by atoms with van der Waals surface area (Å²) in [4.78, 5) is 3.81. The molecule has 19 heavy (non-hydrogen) atoms. The Bertz CT molecular complexity index is 572. The van der Waals surface area contributed by atoms with E-state index in [4.69, 9.17) is 10.00 Å². The van der Waals surface area contributed by atoms with Crippen molar-refractivity contribution in [3.63, 3.8) is 0 Å². The minimum atomic E-state index is -2.63. The summed E-state index contributed by atoms with van der Waals surface area (Å²) in [5, 5.41) is 8.54. The third kappa shape index (κ3) is 3.28. The van der Waals surface area contributed by atoms with E-state index in [0.717, 1.165) is 10.1 Å². The number of imidazole rings is 1. The van der Waals surface area contributed by atoms with Crippen LogP contribution in [0, 0.1) is 11.3 Å². The van der Waals surface area contributed by atoms with Crippen molar-refractivity contribution in [3.05, 3.63) is 48.0 Å². The molecule has 98 valence electrons. The van der Waals surface area contributed by atoms with Gasteiger partial charge in [0.25, 0.3) is 0 Å². The number of aromatic nitrogens is 2. The van der Waals surface area contributed by atoms with Crippen LogP contribution >= 0.6 is 0 Å². The molecule has 0 saturated heterocycles. The summed E-state index contributed by atoms with van der Waals surface area (Å²) < 4.78 is 31.3. The van der Waals surface area contributed by atoms with E-state index in [1.807, 2.05) is 6.07 Å². The van der Waals surface area contributed by atoms with E-state index in [0.29, 0.717) is 12.2 Å². The van der Waals surface area contributed by atoms with Crippen LogP contribution < -0.4 is 4.74 Å². The van der Waals surface area contributed by atoms with Gasteiger partial charge < -0.3 is 4.74 Å². The Morgan fingerprint density at radius 2 is 2.05 bits per heavy atom. The summed E-state index contributed by atoms with van der Waals surface area (Å²) in [6.07, 6.45) is 2.84. The largest absolute Gasteiger partial charge is 0.486 e. The number of benzene rings is 1. The third-order valence-corrected chi connectivity index (χ3v) is 2.53. The number of rotatable bonds is 5. The average Bonchev–Trinajstić information content (AvgIpc) is 2.87. The van der Waals surface area contributed by atoms with Crippen LogP contribution in [-0.2, 0) is 13.0 Å². The molecular weight excluding hydrogens is 252 g/mol. The second kappa shape index (κ2) is 5.96. The van der Waals surface area contributed by atoms with E-state index < -0.39 is 6.55 Å². The Morgan fingerprint density at radius 3 is 2.68 bits per heavy atom. The zero-order chi connectivity index (χ0) is 13.7. The molecule has 6 heteroatoms. The summed E-state index contributed by atoms with van der Waals surface area (Å²) in [5.41, 5.74) is 0.879. The number of alkyl halides is 2. The summed E-state index contributed by atoms with van der Waals surface area (Å²) in [6, 6.07) is 8.96. The number of hydrogen-bond donors (Lipinski definition) is 0. The van der Waals surface area contributed by atoms with Crippen LogP contribution in [-0.4, -0.2) is 9.55 Å². The topological polar surface area (TPSA) is 50.8 Å². The van der Waals surface area contributed by atoms with Gasteiger partial charge in [0.1, 0.15) is 12.4 Å². The first-order chi connectivity index (χ1) is 9.20. The third-order valence-electron chi connectivity index (χ3n) is 2.53. The lowest BCUT2D eigenvalue weighted by atomic mass is 10.2. The van der Waals surface area contributed by atoms with Gasteiger partial charge >= 0.3 is 6.55 Å². The van der Waals surface area contributed by atoms with Crippen molar-refractivity contribution in [2.45, 2.75) is 19.6 Å². The highest BCUT2D eigenvalue weighted by atomic mass is 19.3. The normalized spacial score (nSPS) is 10.4. The quantitative estimate of drug-likeness (QED) is 0.833. The van der Waals surface area contributed by atoms with E-state index in [2.05, 4.69) is 4.98 Å². The van der Waals surface area contributed by atoms with Crippen molar-refractivity contribution in [2.75, 3.05) is 0 Å². The van der Waals surface area contributed by atoms with Crippen molar-refractivity contribution in [1.29, 1.82) is 5.26 Å². The van der Waals surface area contributed by atoms with Crippen LogP contribution in [0.2, 0.25) is 0 Å². The van der Waals surface area contributed by atoms with Crippen molar-refractivity contribution in [2.24, 2.45) is 0 Å². The predicted molar refractivity (Wildman–Crippen MR) is 63.6 cm³/mol. The number of ether oxygens (including phenoxy) is 1. The Kier molecular flexibility index (Phi) is 4.08. The Morgan fingerprint density at radius 1 is 1.32 bits per heavy atom. The van der Waals surface area contributed by atoms with E-state index >= 15 is 0 Å². The van der Waals surface area contributed by atoms with Gasteiger partial charge in [0.15, 0.2) is 5.82 Å². The molecule has 1 aromatic carbocycles. The molecule has 1 heterocycles. The minimum absolute atomic E-state index is 0.0328. The Hall–Kier alpha value is -2.42. The minimum Gasteiger partial charge on any atom is -0.486 e. The molecule has 2 rings (SSSR count). The first-order valence-corrected chi connectivity index (χ1v) is 5.59. The SMILES string of the molecule is N#CCc1ccc(OCc2nccn2C(F)F)cc1. The zero-order valence-electron chi connectivity index (χ0n) is 9.96. The lowest BCUT2D eigenvalue weighted by molar-refractivity contribution is 0.0632. The highest BCUT2D eigenvalue weighted by Crippen LogP contribution is 2.16. The first-order valence-electron chi connectivity index (χ1n) is 5.59. The molecule has 0 N–H and O–H groups in total. The van der Waals surface area contributed by atoms with Crippen LogP contribution in [0.1, 0.15) is 17.9 Å². The molecule has 0 bridgehead atoms. The van der Waals surface area contributed by atoms with Gasteiger partial charge in [-0.2, -0.15) is 14.0 Å². The zero-order valence-corrected chi connectivity index (χ0v) is 9.96. The molecule has 0 amide bonds. The summed E-state index contributed by atoms with van der Waals surface area (Å²) in [6.45, 7) is -2.66. The molecule has 0 unspecified atom stereocenters. The van der Waals surface area contributed by atoms with Crippen LogP contribution in [0.3, 0.4) is 0 Å². The smallest absolute Gasteiger partial charge is 0.320 e. The van der Waals surface area contributed by atoms with E-state index in [-0.39, 0.29) is 12.4 Å². The van der Waals surface area contributed by atoms with Gasteiger partial charge in [0.05, 0.1) is 12.5 Å². The number of nitriles is 1. The molecule has 0 aliphatic rings. The summed E-state index contributed by atoms with van der Waals surface area (Å²) >= 11 is 0. The molecule has 0 aliphatic heterocycles. The Labute approximate surface area is 108 Å². The first kappa shape index (κ1) is 13.0. The molecule has 0 fully saturated rings. The van der Waals surface area contributed by atoms with Crippen LogP contribution in [0.15, 0.2) is 36.7 Å². The highest BCUT2D eigenvalue weighted by Gasteiger charge is 2.11. The number of hydrogen-bond acceptors (Lipinski definition) is 3. The van der Waals surface area contributed by atoms with Crippen LogP contribution in [0.5, 0.6) is 5.75 Å². The molecular formula is C13H11F2N3O. The van der Waals surface area contributed by atoms with Gasteiger partial charge in [-0.05, 0) is 17.7 Å². The van der Waals surface area contributed by atoms with Gasteiger partial charge in [-0.25, -0.2) is 4.98 Å². The Balaban J connectivity index is 1.98. The van der Waals surface area contributed by atoms with Crippen molar-refractivity contribution in [3.8, 4) is 11.8 Å². The summed E-state index contributed by atoms with van der Waals surface area (Å²) in [5.74, 6) is 0.710. The van der Waals surface area contributed by atoms with Gasteiger partial charge in [0.2, 0.25) is 0 Å². The monoisotopic (exact) mass is 263 g/mol. The van der Waals surface area contributed by atoms with E-state index in [1.165, 1.54) is 12.4 Å². The standard InChI is InChI=1S/C13H11F2N3O/c14-13(15)18-8-7-17-12(18)9-19-11-3-1-10(2-4-11)5-6-16/h1-4,7-8,13H,5,9H2. The molecule has 1 aromatic heterocycles. The van der Waals surface area contributed by atoms with Crippen LogP contribution in [0.4, 0.5) is 8.78 Å². The van der Waals surface area contributed by atoms with Crippen molar-refractivity contribution >= 4 is 0 Å². The van der Waals surface area contributed by atoms with E-state index in [1.54, 1.807) is 24.3 Å². The van der Waals surface area contributed by atoms with Gasteiger partial charge in [0, 0.05) is 12.4 Å². The average molecular weight is 263 g/mol. The molecule has 4 nitrogen and oxygen atoms in total. The van der Waals surface area contributed by atoms with Gasteiger partial charge in [-0.3, -0.25) is 4.57 Å². The molecule has 0 spiro atoms. The van der Waals surface area contributed by atoms with Crippen molar-refractivity contribution < 1.29 is 13.5 Å². The van der Waals surface area contributed by atoms with Gasteiger partial charge in [-0.15, -0.1) is 0 Å². The molecule has 0 radical (unpaired) electrons. The highest BCUT2D eigenvalue weighted by molar-refractivity contribution is 5.28. The maximum Gasteiger partial charge on any atom is 0.320 e. The van der Waals surface area contributed by atoms with Crippen molar-refractivity contribution in [1.82, 2.24) is 9.55 Å². The fourth-order valence-corrected chi connectivity index (χ4v) is 1.58. The molecule has 0 atom stereocenters. The second-order valence-electron chi connectivity index (χ2n) is 3.80. The fourth-order valence-electron chi connectivity index (χ4n) is 1.58. The second-order valence-corrected chi connectivity index (χ2v) is 3.80. The van der Waals surface area contributed by atoms with Gasteiger partial charge in [-0.1, -0.05) is 12.1 Å². The lowest BCUT2D eigenvalue weighted by Gasteiger charge is -2.08. The summed E-state index contributed by atoms with van der Waals surface area (Å²) in [7, 11) is 0. The fraction of sp³-hybridized carbons (Fsp3) is 0.231. The molecule has 2 aromatic rings. The molecule has 0 aliphatic carbocycles. The van der Waals surface area contributed by atoms with E-state index in [9.17, 15) is 8.78 Å². The molecule has 0 saturated carbocycles. The lowest BCUT2D eigenvalue weighted by Crippen LogP contribution is -2.07. The maximum absolute atomic E-state index is 12.6.